The van der Waals surface area contributed by atoms with Gasteiger partial charge in [0.05, 0.1) is 0 Å². The molecule has 0 spiro atoms. The third kappa shape index (κ3) is 2.14. The fourth-order valence-electron chi connectivity index (χ4n) is 2.20. The number of fused-ring (bicyclic) bond motifs is 1. The van der Waals surface area contributed by atoms with Crippen LogP contribution in [0.5, 0.6) is 0 Å². The highest BCUT2D eigenvalue weighted by atomic mass is 32.1. The van der Waals surface area contributed by atoms with Gasteiger partial charge >= 0.3 is 5.97 Å². The van der Waals surface area contributed by atoms with Gasteiger partial charge in [0, 0.05) is 36.9 Å². The Morgan fingerprint density at radius 1 is 1.33 bits per heavy atom. The first-order valence-electron chi connectivity index (χ1n) is 5.68. The highest BCUT2D eigenvalue weighted by Gasteiger charge is 2.19. The second kappa shape index (κ2) is 4.51. The third-order valence-electron chi connectivity index (χ3n) is 3.04. The average Bonchev–Trinajstić information content (AvgIpc) is 2.94. The molecule has 3 heterocycles. The molecule has 3 rings (SSSR count). The molecule has 0 saturated carbocycles. The molecule has 2 aromatic rings. The van der Waals surface area contributed by atoms with Gasteiger partial charge in [-0.25, -0.2) is 4.79 Å². The van der Waals surface area contributed by atoms with Gasteiger partial charge in [-0.15, -0.1) is 11.3 Å². The highest BCUT2D eigenvalue weighted by Crippen LogP contribution is 2.25. The Morgan fingerprint density at radius 3 is 2.89 bits per heavy atom. The number of carboxylic acid groups (broad SMARTS) is 1. The number of carbonyl (C=O) groups is 1. The fourth-order valence-corrected chi connectivity index (χ4v) is 3.09. The fraction of sp³-hybridized carbons (Fsp3) is 0.231. The zero-order valence-corrected chi connectivity index (χ0v) is 10.5. The van der Waals surface area contributed by atoms with Crippen molar-refractivity contribution >= 4 is 17.3 Å². The van der Waals surface area contributed by atoms with Gasteiger partial charge in [0.1, 0.15) is 4.88 Å². The summed E-state index contributed by atoms with van der Waals surface area (Å²) in [4.78, 5) is 18.7. The Hall–Kier alpha value is -1.72. The van der Waals surface area contributed by atoms with Gasteiger partial charge in [-0.1, -0.05) is 0 Å². The topological polar surface area (TPSA) is 53.4 Å². The van der Waals surface area contributed by atoms with Crippen molar-refractivity contribution in [1.29, 1.82) is 0 Å². The van der Waals surface area contributed by atoms with Crippen LogP contribution < -0.4 is 0 Å². The van der Waals surface area contributed by atoms with Crippen LogP contribution in [0.2, 0.25) is 0 Å². The first-order chi connectivity index (χ1) is 8.72. The Kier molecular flexibility index (Phi) is 2.85. The van der Waals surface area contributed by atoms with Crippen molar-refractivity contribution in [2.24, 2.45) is 0 Å². The molecular formula is C13H12N2O2S. The van der Waals surface area contributed by atoms with Crippen molar-refractivity contribution in [3.05, 3.63) is 51.5 Å². The third-order valence-corrected chi connectivity index (χ3v) is 4.10. The van der Waals surface area contributed by atoms with Crippen molar-refractivity contribution < 1.29 is 9.90 Å². The number of hydrogen-bond acceptors (Lipinski definition) is 4. The predicted molar refractivity (Wildman–Crippen MR) is 68.5 cm³/mol. The molecule has 0 atom stereocenters. The number of hydrogen-bond donors (Lipinski definition) is 1. The molecule has 1 aliphatic heterocycles. The maximum atomic E-state index is 10.8. The normalized spacial score (nSPS) is 14.7. The number of thiophene rings is 1. The van der Waals surface area contributed by atoms with Crippen molar-refractivity contribution in [1.82, 2.24) is 9.88 Å². The van der Waals surface area contributed by atoms with Crippen LogP contribution in [0.25, 0.3) is 0 Å². The summed E-state index contributed by atoms with van der Waals surface area (Å²) >= 11 is 1.35. The van der Waals surface area contributed by atoms with E-state index in [2.05, 4.69) is 9.88 Å². The molecular weight excluding hydrogens is 248 g/mol. The van der Waals surface area contributed by atoms with Crippen LogP contribution in [0.1, 0.15) is 25.7 Å². The van der Waals surface area contributed by atoms with Crippen molar-refractivity contribution in [2.45, 2.75) is 19.6 Å². The summed E-state index contributed by atoms with van der Waals surface area (Å²) in [6, 6.07) is 5.62. The van der Waals surface area contributed by atoms with Crippen LogP contribution in [-0.4, -0.2) is 21.0 Å². The molecule has 0 aromatic carbocycles. The van der Waals surface area contributed by atoms with E-state index < -0.39 is 5.97 Å². The van der Waals surface area contributed by atoms with Gasteiger partial charge in [0.2, 0.25) is 0 Å². The van der Waals surface area contributed by atoms with Crippen LogP contribution in [0.15, 0.2) is 30.6 Å². The quantitative estimate of drug-likeness (QED) is 0.920. The molecule has 4 nitrogen and oxygen atoms in total. The lowest BCUT2D eigenvalue weighted by atomic mass is 10.2. The monoisotopic (exact) mass is 260 g/mol. The maximum absolute atomic E-state index is 10.8. The number of rotatable bonds is 3. The molecule has 1 N–H and O–H groups in total. The Labute approximate surface area is 109 Å². The van der Waals surface area contributed by atoms with Crippen LogP contribution >= 0.6 is 11.3 Å². The number of nitrogens with zero attached hydrogens (tertiary/aromatic N) is 2. The zero-order chi connectivity index (χ0) is 12.5. The lowest BCUT2D eigenvalue weighted by Crippen LogP contribution is -2.14. The van der Waals surface area contributed by atoms with Gasteiger partial charge in [0.15, 0.2) is 0 Å². The van der Waals surface area contributed by atoms with E-state index in [0.29, 0.717) is 4.88 Å². The molecule has 0 aliphatic carbocycles. The van der Waals surface area contributed by atoms with Crippen molar-refractivity contribution in [3.63, 3.8) is 0 Å². The van der Waals surface area contributed by atoms with Gasteiger partial charge in [-0.3, -0.25) is 9.88 Å². The van der Waals surface area contributed by atoms with Gasteiger partial charge in [-0.2, -0.15) is 0 Å². The van der Waals surface area contributed by atoms with E-state index in [1.807, 2.05) is 24.5 Å². The summed E-state index contributed by atoms with van der Waals surface area (Å²) in [7, 11) is 0. The summed E-state index contributed by atoms with van der Waals surface area (Å²) < 4.78 is 0. The van der Waals surface area contributed by atoms with Crippen LogP contribution in [0.3, 0.4) is 0 Å². The molecule has 0 bridgehead atoms. The minimum Gasteiger partial charge on any atom is -0.477 e. The Morgan fingerprint density at radius 2 is 2.17 bits per heavy atom. The van der Waals surface area contributed by atoms with E-state index in [9.17, 15) is 4.79 Å². The van der Waals surface area contributed by atoms with E-state index >= 15 is 0 Å². The van der Waals surface area contributed by atoms with E-state index in [4.69, 9.17) is 5.11 Å². The Balaban J connectivity index is 1.70. The molecule has 0 radical (unpaired) electrons. The number of carboxylic acids is 1. The molecule has 0 amide bonds. The summed E-state index contributed by atoms with van der Waals surface area (Å²) in [5.74, 6) is -0.847. The van der Waals surface area contributed by atoms with Gasteiger partial charge in [-0.05, 0) is 29.3 Å². The molecule has 92 valence electrons. The number of aromatic carboxylic acids is 1. The van der Waals surface area contributed by atoms with Gasteiger partial charge < -0.3 is 5.11 Å². The van der Waals surface area contributed by atoms with E-state index in [1.165, 1.54) is 22.5 Å². The van der Waals surface area contributed by atoms with E-state index in [1.54, 1.807) is 6.07 Å². The lowest BCUT2D eigenvalue weighted by Gasteiger charge is -2.12. The second-order valence-corrected chi connectivity index (χ2v) is 5.53. The number of aromatic nitrogens is 1. The summed E-state index contributed by atoms with van der Waals surface area (Å²) in [6.07, 6.45) is 3.72. The van der Waals surface area contributed by atoms with E-state index in [-0.39, 0.29) is 0 Å². The van der Waals surface area contributed by atoms with Crippen LogP contribution in [-0.2, 0) is 19.6 Å². The van der Waals surface area contributed by atoms with Crippen LogP contribution in [0, 0.1) is 0 Å². The maximum Gasteiger partial charge on any atom is 0.345 e. The molecule has 5 heteroatoms. The minimum absolute atomic E-state index is 0.406. The van der Waals surface area contributed by atoms with Gasteiger partial charge in [0.25, 0.3) is 0 Å². The zero-order valence-electron chi connectivity index (χ0n) is 9.67. The van der Waals surface area contributed by atoms with Crippen molar-refractivity contribution in [2.75, 3.05) is 0 Å². The molecule has 18 heavy (non-hydrogen) atoms. The predicted octanol–water partition coefficient (Wildman–Crippen LogP) is 2.36. The molecule has 1 aliphatic rings. The summed E-state index contributed by atoms with van der Waals surface area (Å²) in [6.45, 7) is 2.61. The summed E-state index contributed by atoms with van der Waals surface area (Å²) in [5.41, 5.74) is 2.59. The molecule has 0 unspecified atom stereocenters. The first-order valence-corrected chi connectivity index (χ1v) is 6.50. The van der Waals surface area contributed by atoms with Crippen molar-refractivity contribution in [3.8, 4) is 0 Å². The lowest BCUT2D eigenvalue weighted by molar-refractivity contribution is 0.0702. The standard InChI is InChI=1S/C13H12N2O2S/c16-13(17)12-2-1-11(18-12)8-15-6-9-3-4-14-5-10(9)7-15/h1-5H,6-8H2,(H,16,17). The average molecular weight is 260 g/mol. The summed E-state index contributed by atoms with van der Waals surface area (Å²) in [5, 5.41) is 8.89. The first kappa shape index (κ1) is 11.4. The molecule has 2 aromatic heterocycles. The highest BCUT2D eigenvalue weighted by molar-refractivity contribution is 7.13. The molecule has 0 saturated heterocycles. The second-order valence-electron chi connectivity index (χ2n) is 4.36. The Bertz CT molecular complexity index is 569. The van der Waals surface area contributed by atoms with E-state index in [0.717, 1.165) is 24.5 Å². The number of pyridine rings is 1. The minimum atomic E-state index is -0.847. The molecule has 0 fully saturated rings. The largest absolute Gasteiger partial charge is 0.477 e. The smallest absolute Gasteiger partial charge is 0.345 e. The SMILES string of the molecule is O=C(O)c1ccc(CN2Cc3ccncc3C2)s1. The van der Waals surface area contributed by atoms with Crippen LogP contribution in [0.4, 0.5) is 0 Å².